The number of carbonyl (C=O) groups excluding carboxylic acids is 1. The van der Waals surface area contributed by atoms with Crippen molar-refractivity contribution in [1.82, 2.24) is 5.32 Å². The minimum Gasteiger partial charge on any atom is -0.352 e. The summed E-state index contributed by atoms with van der Waals surface area (Å²) in [5.41, 5.74) is 2.20. The van der Waals surface area contributed by atoms with Crippen LogP contribution in [0.3, 0.4) is 0 Å². The van der Waals surface area contributed by atoms with E-state index >= 15 is 0 Å². The number of hydrogen-bond acceptors (Lipinski definition) is 1. The highest BCUT2D eigenvalue weighted by molar-refractivity contribution is 6.17. The Hall–Kier alpha value is -1.02. The zero-order chi connectivity index (χ0) is 13.9. The Morgan fingerprint density at radius 1 is 1.16 bits per heavy atom. The number of nitrogens with one attached hydrogen (secondary N) is 1. The van der Waals surface area contributed by atoms with Crippen LogP contribution in [-0.2, 0) is 17.2 Å². The maximum absolute atomic E-state index is 11.7. The summed E-state index contributed by atoms with van der Waals surface area (Å²) < 4.78 is 0. The van der Waals surface area contributed by atoms with Gasteiger partial charge in [-0.05, 0) is 17.5 Å². The summed E-state index contributed by atoms with van der Waals surface area (Å²) >= 11 is 5.78. The summed E-state index contributed by atoms with van der Waals surface area (Å²) in [5, 5.41) is 2.96. The molecule has 2 nitrogen and oxygen atoms in total. The number of hydrogen-bond donors (Lipinski definition) is 1. The normalized spacial score (nSPS) is 10.4. The van der Waals surface area contributed by atoms with Gasteiger partial charge in [0.15, 0.2) is 0 Å². The van der Waals surface area contributed by atoms with E-state index in [4.69, 9.17) is 11.6 Å². The van der Waals surface area contributed by atoms with Crippen LogP contribution in [0.5, 0.6) is 0 Å². The first kappa shape index (κ1) is 16.0. The maximum atomic E-state index is 11.7. The highest BCUT2D eigenvalue weighted by atomic mass is 35.5. The van der Waals surface area contributed by atoms with E-state index in [1.807, 2.05) is 24.3 Å². The fraction of sp³-hybridized carbons (Fsp3) is 0.562. The van der Waals surface area contributed by atoms with E-state index in [0.29, 0.717) is 18.8 Å². The van der Waals surface area contributed by atoms with Gasteiger partial charge < -0.3 is 5.32 Å². The van der Waals surface area contributed by atoms with Gasteiger partial charge in [-0.25, -0.2) is 0 Å². The molecule has 0 radical (unpaired) electrons. The van der Waals surface area contributed by atoms with Crippen molar-refractivity contribution in [3.05, 3.63) is 35.4 Å². The zero-order valence-electron chi connectivity index (χ0n) is 11.8. The lowest BCUT2D eigenvalue weighted by molar-refractivity contribution is -0.121. The lowest BCUT2D eigenvalue weighted by Crippen LogP contribution is -2.22. The summed E-state index contributed by atoms with van der Waals surface area (Å²) in [7, 11) is 0. The van der Waals surface area contributed by atoms with E-state index < -0.39 is 0 Å². The standard InChI is InChI=1S/C16H24ClNO/c1-2-3-4-5-6-10-16(19)18-13-15-9-7-8-14(11-15)12-17/h7-9,11H,2-6,10,12-13H2,1H3,(H,18,19). The van der Waals surface area contributed by atoms with Crippen LogP contribution in [0.1, 0.15) is 56.6 Å². The Morgan fingerprint density at radius 3 is 2.63 bits per heavy atom. The predicted octanol–water partition coefficient (Wildman–Crippen LogP) is 4.40. The summed E-state index contributed by atoms with van der Waals surface area (Å²) in [6, 6.07) is 8.02. The van der Waals surface area contributed by atoms with Crippen molar-refractivity contribution in [1.29, 1.82) is 0 Å². The monoisotopic (exact) mass is 281 g/mol. The molecule has 0 fully saturated rings. The molecule has 1 aromatic rings. The molecule has 106 valence electrons. The summed E-state index contributed by atoms with van der Waals surface area (Å²) in [6.45, 7) is 2.79. The molecule has 3 heteroatoms. The number of carbonyl (C=O) groups is 1. The van der Waals surface area contributed by atoms with Crippen LogP contribution in [0, 0.1) is 0 Å². The molecule has 0 saturated heterocycles. The van der Waals surface area contributed by atoms with Crippen LogP contribution in [0.15, 0.2) is 24.3 Å². The van der Waals surface area contributed by atoms with E-state index in [-0.39, 0.29) is 5.91 Å². The van der Waals surface area contributed by atoms with Crippen LogP contribution >= 0.6 is 11.6 Å². The molecular formula is C16H24ClNO. The van der Waals surface area contributed by atoms with Crippen molar-refractivity contribution in [2.24, 2.45) is 0 Å². The number of halogens is 1. The van der Waals surface area contributed by atoms with Gasteiger partial charge in [-0.2, -0.15) is 0 Å². The lowest BCUT2D eigenvalue weighted by atomic mass is 10.1. The Bertz CT molecular complexity index is 379. The molecule has 0 aliphatic carbocycles. The molecule has 0 unspecified atom stereocenters. The molecule has 0 atom stereocenters. The molecule has 1 amide bonds. The summed E-state index contributed by atoms with van der Waals surface area (Å²) in [6.07, 6.45) is 6.53. The second-order valence-corrected chi connectivity index (χ2v) is 5.16. The third-order valence-electron chi connectivity index (χ3n) is 3.14. The average Bonchev–Trinajstić information content (AvgIpc) is 2.45. The van der Waals surface area contributed by atoms with Gasteiger partial charge in [-0.15, -0.1) is 11.6 Å². The second kappa shape index (κ2) is 9.85. The Morgan fingerprint density at radius 2 is 1.89 bits per heavy atom. The van der Waals surface area contributed by atoms with E-state index in [1.54, 1.807) is 0 Å². The highest BCUT2D eigenvalue weighted by Crippen LogP contribution is 2.08. The van der Waals surface area contributed by atoms with E-state index in [9.17, 15) is 4.79 Å². The van der Waals surface area contributed by atoms with Crippen molar-refractivity contribution in [2.45, 2.75) is 57.9 Å². The Labute approximate surface area is 121 Å². The molecule has 0 aliphatic rings. The third kappa shape index (κ3) is 7.22. The molecule has 19 heavy (non-hydrogen) atoms. The smallest absolute Gasteiger partial charge is 0.220 e. The molecule has 0 bridgehead atoms. The second-order valence-electron chi connectivity index (χ2n) is 4.89. The van der Waals surface area contributed by atoms with Crippen molar-refractivity contribution in [3.8, 4) is 0 Å². The Kier molecular flexibility index (Phi) is 8.31. The van der Waals surface area contributed by atoms with Crippen molar-refractivity contribution < 1.29 is 4.79 Å². The largest absolute Gasteiger partial charge is 0.352 e. The molecule has 0 spiro atoms. The maximum Gasteiger partial charge on any atom is 0.220 e. The van der Waals surface area contributed by atoms with E-state index in [2.05, 4.69) is 12.2 Å². The van der Waals surface area contributed by atoms with Crippen LogP contribution in [-0.4, -0.2) is 5.91 Å². The van der Waals surface area contributed by atoms with Crippen LogP contribution in [0.4, 0.5) is 0 Å². The first-order valence-corrected chi connectivity index (χ1v) is 7.70. The van der Waals surface area contributed by atoms with Gasteiger partial charge in [0.25, 0.3) is 0 Å². The van der Waals surface area contributed by atoms with Crippen LogP contribution < -0.4 is 5.32 Å². The topological polar surface area (TPSA) is 29.1 Å². The SMILES string of the molecule is CCCCCCCC(=O)NCc1cccc(CCl)c1. The van der Waals surface area contributed by atoms with Gasteiger partial charge in [0.1, 0.15) is 0 Å². The summed E-state index contributed by atoms with van der Waals surface area (Å²) in [4.78, 5) is 11.7. The molecule has 0 aromatic heterocycles. The number of benzene rings is 1. The minimum atomic E-state index is 0.146. The minimum absolute atomic E-state index is 0.146. The van der Waals surface area contributed by atoms with Gasteiger partial charge in [-0.1, -0.05) is 56.9 Å². The molecule has 1 N–H and O–H groups in total. The zero-order valence-corrected chi connectivity index (χ0v) is 12.5. The highest BCUT2D eigenvalue weighted by Gasteiger charge is 2.01. The van der Waals surface area contributed by atoms with E-state index in [1.165, 1.54) is 19.3 Å². The van der Waals surface area contributed by atoms with Gasteiger partial charge in [0.2, 0.25) is 5.91 Å². The van der Waals surface area contributed by atoms with Crippen molar-refractivity contribution in [2.75, 3.05) is 0 Å². The molecule has 1 rings (SSSR count). The van der Waals surface area contributed by atoms with Crippen molar-refractivity contribution >= 4 is 17.5 Å². The fourth-order valence-electron chi connectivity index (χ4n) is 2.00. The quantitative estimate of drug-likeness (QED) is 0.527. The Balaban J connectivity index is 2.18. The van der Waals surface area contributed by atoms with Gasteiger partial charge in [0.05, 0.1) is 0 Å². The number of rotatable bonds is 9. The number of amides is 1. The summed E-state index contributed by atoms with van der Waals surface area (Å²) in [5.74, 6) is 0.659. The molecular weight excluding hydrogens is 258 g/mol. The molecule has 0 aliphatic heterocycles. The number of unbranched alkanes of at least 4 members (excludes halogenated alkanes) is 4. The van der Waals surface area contributed by atoms with Crippen molar-refractivity contribution in [3.63, 3.8) is 0 Å². The van der Waals surface area contributed by atoms with E-state index in [0.717, 1.165) is 24.0 Å². The van der Waals surface area contributed by atoms with Gasteiger partial charge in [-0.3, -0.25) is 4.79 Å². The fourth-order valence-corrected chi connectivity index (χ4v) is 2.17. The molecule has 0 saturated carbocycles. The molecule has 1 aromatic carbocycles. The first-order chi connectivity index (χ1) is 9.26. The van der Waals surface area contributed by atoms with Crippen LogP contribution in [0.25, 0.3) is 0 Å². The predicted molar refractivity (Wildman–Crippen MR) is 81.2 cm³/mol. The number of alkyl halides is 1. The van der Waals surface area contributed by atoms with Gasteiger partial charge >= 0.3 is 0 Å². The average molecular weight is 282 g/mol. The third-order valence-corrected chi connectivity index (χ3v) is 3.45. The van der Waals surface area contributed by atoms with Crippen LogP contribution in [0.2, 0.25) is 0 Å². The molecule has 0 heterocycles. The lowest BCUT2D eigenvalue weighted by Gasteiger charge is -2.06. The first-order valence-electron chi connectivity index (χ1n) is 7.16. The van der Waals surface area contributed by atoms with Gasteiger partial charge in [0, 0.05) is 18.8 Å².